The molecule has 1 aromatic rings. The molecule has 6 nitrogen and oxygen atoms in total. The summed E-state index contributed by atoms with van der Waals surface area (Å²) >= 11 is 0. The summed E-state index contributed by atoms with van der Waals surface area (Å²) in [6.07, 6.45) is -0.159. The number of morpholine rings is 1. The van der Waals surface area contributed by atoms with Crippen LogP contribution in [0.3, 0.4) is 0 Å². The highest BCUT2D eigenvalue weighted by Crippen LogP contribution is 2.22. The Labute approximate surface area is 105 Å². The Kier molecular flexibility index (Phi) is 3.69. The molecule has 18 heavy (non-hydrogen) atoms. The molecule has 0 bridgehead atoms. The molecule has 1 saturated heterocycles. The Morgan fingerprint density at radius 1 is 1.39 bits per heavy atom. The molecule has 1 fully saturated rings. The second kappa shape index (κ2) is 5.24. The molecule has 0 aromatic heterocycles. The molecular formula is C12H16N2O4. The van der Waals surface area contributed by atoms with E-state index in [2.05, 4.69) is 0 Å². The molecule has 4 N–H and O–H groups in total. The van der Waals surface area contributed by atoms with Gasteiger partial charge in [0, 0.05) is 31.3 Å². The first kappa shape index (κ1) is 12.7. The summed E-state index contributed by atoms with van der Waals surface area (Å²) in [4.78, 5) is 13.8. The van der Waals surface area contributed by atoms with Gasteiger partial charge >= 0.3 is 0 Å². The van der Waals surface area contributed by atoms with Crippen LogP contribution in [0.1, 0.15) is 10.4 Å². The summed E-state index contributed by atoms with van der Waals surface area (Å²) in [7, 11) is 0. The lowest BCUT2D eigenvalue weighted by molar-refractivity contribution is -0.0167. The number of benzene rings is 1. The highest BCUT2D eigenvalue weighted by molar-refractivity contribution is 5.95. The van der Waals surface area contributed by atoms with Gasteiger partial charge in [0.25, 0.3) is 5.91 Å². The number of hydrogen-bond acceptors (Lipinski definition) is 5. The van der Waals surface area contributed by atoms with Crippen molar-refractivity contribution < 1.29 is 19.7 Å². The molecule has 98 valence electrons. The normalized spacial score (nSPS) is 19.8. The topological polar surface area (TPSA) is 96.0 Å². The smallest absolute Gasteiger partial charge is 0.254 e. The number of carbonyl (C=O) groups excluding carboxylic acids is 1. The van der Waals surface area contributed by atoms with Crippen molar-refractivity contribution in [3.8, 4) is 11.5 Å². The van der Waals surface area contributed by atoms with Crippen LogP contribution in [0.4, 0.5) is 0 Å². The Morgan fingerprint density at radius 2 is 2.06 bits per heavy atom. The monoisotopic (exact) mass is 252 g/mol. The van der Waals surface area contributed by atoms with Crippen molar-refractivity contribution in [1.82, 2.24) is 4.90 Å². The Balaban J connectivity index is 2.15. The lowest BCUT2D eigenvalue weighted by Crippen LogP contribution is -2.48. The van der Waals surface area contributed by atoms with Crippen LogP contribution in [0, 0.1) is 0 Å². The number of nitrogens with two attached hydrogens (primary N) is 1. The molecule has 1 unspecified atom stereocenters. The second-order valence-electron chi connectivity index (χ2n) is 4.22. The number of hydrogen-bond donors (Lipinski definition) is 3. The molecule has 1 aliphatic heterocycles. The van der Waals surface area contributed by atoms with Gasteiger partial charge < -0.3 is 25.6 Å². The highest BCUT2D eigenvalue weighted by Gasteiger charge is 2.24. The number of carbonyl (C=O) groups is 1. The molecule has 1 aromatic carbocycles. The zero-order valence-corrected chi connectivity index (χ0v) is 9.87. The van der Waals surface area contributed by atoms with Crippen LogP contribution in [-0.2, 0) is 4.74 Å². The molecule has 0 radical (unpaired) electrons. The molecule has 6 heteroatoms. The van der Waals surface area contributed by atoms with E-state index in [1.165, 1.54) is 18.2 Å². The zero-order chi connectivity index (χ0) is 13.1. The summed E-state index contributed by atoms with van der Waals surface area (Å²) in [5.41, 5.74) is 5.76. The number of amides is 1. The summed E-state index contributed by atoms with van der Waals surface area (Å²) < 4.78 is 5.37. The fourth-order valence-corrected chi connectivity index (χ4v) is 1.95. The number of rotatable bonds is 2. The number of aromatic hydroxyl groups is 2. The largest absolute Gasteiger partial charge is 0.508 e. The average Bonchev–Trinajstić information content (AvgIpc) is 2.37. The van der Waals surface area contributed by atoms with E-state index < -0.39 is 0 Å². The van der Waals surface area contributed by atoms with E-state index >= 15 is 0 Å². The van der Waals surface area contributed by atoms with Gasteiger partial charge in [0.05, 0.1) is 12.7 Å². The number of phenols is 2. The van der Waals surface area contributed by atoms with Gasteiger partial charge in [0.15, 0.2) is 0 Å². The number of ether oxygens (including phenoxy) is 1. The van der Waals surface area contributed by atoms with Gasteiger partial charge in [-0.2, -0.15) is 0 Å². The molecule has 0 saturated carbocycles. The second-order valence-corrected chi connectivity index (χ2v) is 4.22. The fraction of sp³-hybridized carbons (Fsp3) is 0.417. The molecular weight excluding hydrogens is 236 g/mol. The first-order valence-electron chi connectivity index (χ1n) is 5.74. The van der Waals surface area contributed by atoms with Crippen LogP contribution in [0.25, 0.3) is 0 Å². The minimum absolute atomic E-state index is 0.137. The van der Waals surface area contributed by atoms with Gasteiger partial charge in [-0.3, -0.25) is 4.79 Å². The molecule has 0 spiro atoms. The highest BCUT2D eigenvalue weighted by atomic mass is 16.5. The quantitative estimate of drug-likeness (QED) is 0.683. The lowest BCUT2D eigenvalue weighted by atomic mass is 10.1. The van der Waals surface area contributed by atoms with E-state index in [0.717, 1.165) is 0 Å². The predicted molar refractivity (Wildman–Crippen MR) is 64.5 cm³/mol. The molecule has 0 aliphatic carbocycles. The maximum Gasteiger partial charge on any atom is 0.254 e. The van der Waals surface area contributed by atoms with Crippen molar-refractivity contribution in [3.05, 3.63) is 23.8 Å². The van der Waals surface area contributed by atoms with Crippen LogP contribution in [0.15, 0.2) is 18.2 Å². The SMILES string of the molecule is NCC1CN(C(=O)c2cc(O)cc(O)c2)CCO1. The number of phenolic OH excluding ortho intramolecular Hbond substituents is 2. The van der Waals surface area contributed by atoms with E-state index in [9.17, 15) is 15.0 Å². The Morgan fingerprint density at radius 3 is 2.67 bits per heavy atom. The fourth-order valence-electron chi connectivity index (χ4n) is 1.95. The standard InChI is InChI=1S/C12H16N2O4/c13-6-11-7-14(1-2-18-11)12(17)8-3-9(15)5-10(16)4-8/h3-5,11,15-16H,1-2,6-7,13H2. The van der Waals surface area contributed by atoms with Gasteiger partial charge in [0.2, 0.25) is 0 Å². The lowest BCUT2D eigenvalue weighted by Gasteiger charge is -2.32. The summed E-state index contributed by atoms with van der Waals surface area (Å²) in [5.74, 6) is -0.521. The van der Waals surface area contributed by atoms with Crippen molar-refractivity contribution in [1.29, 1.82) is 0 Å². The van der Waals surface area contributed by atoms with Gasteiger partial charge in [-0.25, -0.2) is 0 Å². The molecule has 1 heterocycles. The van der Waals surface area contributed by atoms with Crippen molar-refractivity contribution in [2.75, 3.05) is 26.2 Å². The maximum absolute atomic E-state index is 12.2. The van der Waals surface area contributed by atoms with Crippen molar-refractivity contribution in [2.24, 2.45) is 5.73 Å². The summed E-state index contributed by atoms with van der Waals surface area (Å²) in [5, 5.41) is 18.7. The third kappa shape index (κ3) is 2.72. The Bertz CT molecular complexity index is 429. The van der Waals surface area contributed by atoms with E-state index in [0.29, 0.717) is 26.2 Å². The number of nitrogens with zero attached hydrogens (tertiary/aromatic N) is 1. The summed E-state index contributed by atoms with van der Waals surface area (Å²) in [6.45, 7) is 1.70. The van der Waals surface area contributed by atoms with E-state index in [4.69, 9.17) is 10.5 Å². The van der Waals surface area contributed by atoms with Crippen molar-refractivity contribution >= 4 is 5.91 Å². The molecule has 1 amide bonds. The van der Waals surface area contributed by atoms with Crippen molar-refractivity contribution in [2.45, 2.75) is 6.10 Å². The van der Waals surface area contributed by atoms with Gasteiger partial charge in [-0.1, -0.05) is 0 Å². The minimum Gasteiger partial charge on any atom is -0.508 e. The van der Waals surface area contributed by atoms with E-state index in [1.807, 2.05) is 0 Å². The average molecular weight is 252 g/mol. The van der Waals surface area contributed by atoms with Gasteiger partial charge in [0.1, 0.15) is 11.5 Å². The Hall–Kier alpha value is -1.79. The minimum atomic E-state index is -0.247. The molecule has 1 aliphatic rings. The van der Waals surface area contributed by atoms with Crippen LogP contribution >= 0.6 is 0 Å². The molecule has 1 atom stereocenters. The van der Waals surface area contributed by atoms with Crippen LogP contribution in [0.2, 0.25) is 0 Å². The predicted octanol–water partition coefficient (Wildman–Crippen LogP) is -0.102. The third-order valence-corrected chi connectivity index (χ3v) is 2.84. The first-order chi connectivity index (χ1) is 8.60. The van der Waals surface area contributed by atoms with Crippen LogP contribution < -0.4 is 5.73 Å². The third-order valence-electron chi connectivity index (χ3n) is 2.84. The van der Waals surface area contributed by atoms with Crippen LogP contribution in [0.5, 0.6) is 11.5 Å². The van der Waals surface area contributed by atoms with Crippen LogP contribution in [-0.4, -0.2) is 53.4 Å². The first-order valence-corrected chi connectivity index (χ1v) is 5.74. The van der Waals surface area contributed by atoms with E-state index in [-0.39, 0.29) is 29.1 Å². The van der Waals surface area contributed by atoms with Gasteiger partial charge in [-0.15, -0.1) is 0 Å². The maximum atomic E-state index is 12.2. The molecule has 2 rings (SSSR count). The van der Waals surface area contributed by atoms with Gasteiger partial charge in [-0.05, 0) is 12.1 Å². The zero-order valence-electron chi connectivity index (χ0n) is 9.87. The van der Waals surface area contributed by atoms with Crippen molar-refractivity contribution in [3.63, 3.8) is 0 Å². The summed E-state index contributed by atoms with van der Waals surface area (Å²) in [6, 6.07) is 3.84. The van der Waals surface area contributed by atoms with E-state index in [1.54, 1.807) is 4.90 Å².